The number of likely N-dealkylation sites (tertiary alicyclic amines) is 1. The fourth-order valence-electron chi connectivity index (χ4n) is 2.31. The largest absolute Gasteiger partial charge is 0.353 e. The number of hydrogen-bond donors (Lipinski definition) is 2. The molecule has 5 heteroatoms. The zero-order chi connectivity index (χ0) is 13.1. The van der Waals surface area contributed by atoms with Gasteiger partial charge in [-0.3, -0.25) is 9.59 Å². The molecule has 2 N–H and O–H groups in total. The standard InChI is InChI=1S/C13H23N3O2/c1-9(14-2)13(18)16-7-5-11(6-8-16)15-12(17)10-3-4-10/h9-11,14H,3-8H2,1-2H3,(H,15,17). The summed E-state index contributed by atoms with van der Waals surface area (Å²) in [4.78, 5) is 25.5. The topological polar surface area (TPSA) is 61.4 Å². The molecule has 2 rings (SSSR count). The number of carbonyl (C=O) groups is 2. The summed E-state index contributed by atoms with van der Waals surface area (Å²) >= 11 is 0. The summed E-state index contributed by atoms with van der Waals surface area (Å²) in [5, 5.41) is 6.06. The second-order valence-corrected chi connectivity index (χ2v) is 5.39. The van der Waals surface area contributed by atoms with E-state index in [-0.39, 0.29) is 29.8 Å². The molecule has 0 aromatic rings. The first-order valence-corrected chi connectivity index (χ1v) is 6.88. The third kappa shape index (κ3) is 3.22. The van der Waals surface area contributed by atoms with Crippen LogP contribution in [0.2, 0.25) is 0 Å². The Hall–Kier alpha value is -1.10. The Morgan fingerprint density at radius 2 is 1.78 bits per heavy atom. The molecule has 2 fully saturated rings. The molecule has 1 saturated carbocycles. The van der Waals surface area contributed by atoms with Crippen molar-refractivity contribution < 1.29 is 9.59 Å². The number of piperidine rings is 1. The van der Waals surface area contributed by atoms with Gasteiger partial charge in [0.2, 0.25) is 11.8 Å². The van der Waals surface area contributed by atoms with Gasteiger partial charge in [0.1, 0.15) is 0 Å². The lowest BCUT2D eigenvalue weighted by molar-refractivity contribution is -0.134. The molecule has 1 aliphatic carbocycles. The smallest absolute Gasteiger partial charge is 0.239 e. The molecule has 1 unspecified atom stereocenters. The van der Waals surface area contributed by atoms with Crippen LogP contribution >= 0.6 is 0 Å². The van der Waals surface area contributed by atoms with Crippen LogP contribution in [0.25, 0.3) is 0 Å². The Morgan fingerprint density at radius 1 is 1.17 bits per heavy atom. The van der Waals surface area contributed by atoms with Crippen LogP contribution in [0.4, 0.5) is 0 Å². The van der Waals surface area contributed by atoms with Crippen LogP contribution in [-0.4, -0.2) is 48.9 Å². The summed E-state index contributed by atoms with van der Waals surface area (Å²) in [6, 6.07) is 0.134. The number of rotatable bonds is 4. The van der Waals surface area contributed by atoms with E-state index in [0.717, 1.165) is 38.8 Å². The Labute approximate surface area is 108 Å². The minimum absolute atomic E-state index is 0.123. The zero-order valence-corrected chi connectivity index (χ0v) is 11.2. The second kappa shape index (κ2) is 5.69. The molecule has 0 bridgehead atoms. The van der Waals surface area contributed by atoms with Gasteiger partial charge in [0.25, 0.3) is 0 Å². The van der Waals surface area contributed by atoms with Crippen LogP contribution in [-0.2, 0) is 9.59 Å². The number of hydrogen-bond acceptors (Lipinski definition) is 3. The van der Waals surface area contributed by atoms with Crippen LogP contribution < -0.4 is 10.6 Å². The second-order valence-electron chi connectivity index (χ2n) is 5.39. The molecule has 18 heavy (non-hydrogen) atoms. The SMILES string of the molecule is CNC(C)C(=O)N1CCC(NC(=O)C2CC2)CC1. The third-order valence-electron chi connectivity index (χ3n) is 3.90. The van der Waals surface area contributed by atoms with Gasteiger partial charge in [-0.25, -0.2) is 0 Å². The van der Waals surface area contributed by atoms with Crippen molar-refractivity contribution in [1.82, 2.24) is 15.5 Å². The molecule has 0 aromatic carbocycles. The van der Waals surface area contributed by atoms with Gasteiger partial charge in [-0.05, 0) is 39.7 Å². The Kier molecular flexibility index (Phi) is 4.22. The van der Waals surface area contributed by atoms with Crippen molar-refractivity contribution in [2.24, 2.45) is 5.92 Å². The Bertz CT molecular complexity index is 320. The summed E-state index contributed by atoms with van der Waals surface area (Å²) in [6.07, 6.45) is 3.84. The Balaban J connectivity index is 1.73. The average molecular weight is 253 g/mol. The summed E-state index contributed by atoms with van der Waals surface area (Å²) in [7, 11) is 1.80. The maximum absolute atomic E-state index is 12.0. The summed E-state index contributed by atoms with van der Waals surface area (Å²) < 4.78 is 0. The predicted octanol–water partition coefficient (Wildman–Crippen LogP) is 0.112. The highest BCUT2D eigenvalue weighted by atomic mass is 16.2. The van der Waals surface area contributed by atoms with Crippen molar-refractivity contribution in [2.75, 3.05) is 20.1 Å². The van der Waals surface area contributed by atoms with Gasteiger partial charge in [0.15, 0.2) is 0 Å². The molecule has 0 spiro atoms. The minimum atomic E-state index is -0.123. The summed E-state index contributed by atoms with van der Waals surface area (Å²) in [5.74, 6) is 0.641. The van der Waals surface area contributed by atoms with E-state index in [4.69, 9.17) is 0 Å². The minimum Gasteiger partial charge on any atom is -0.353 e. The van der Waals surface area contributed by atoms with Gasteiger partial charge in [-0.1, -0.05) is 0 Å². The summed E-state index contributed by atoms with van der Waals surface area (Å²) in [5.41, 5.74) is 0. The van der Waals surface area contributed by atoms with Crippen molar-refractivity contribution in [2.45, 2.75) is 44.7 Å². The van der Waals surface area contributed by atoms with E-state index in [0.29, 0.717) is 0 Å². The van der Waals surface area contributed by atoms with Crippen molar-refractivity contribution >= 4 is 11.8 Å². The molecule has 1 atom stereocenters. The predicted molar refractivity (Wildman–Crippen MR) is 69.0 cm³/mol. The van der Waals surface area contributed by atoms with Crippen LogP contribution in [0.1, 0.15) is 32.6 Å². The number of amides is 2. The zero-order valence-electron chi connectivity index (χ0n) is 11.2. The highest BCUT2D eigenvalue weighted by Crippen LogP contribution is 2.29. The van der Waals surface area contributed by atoms with Gasteiger partial charge >= 0.3 is 0 Å². The third-order valence-corrected chi connectivity index (χ3v) is 3.90. The molecule has 1 aliphatic heterocycles. The van der Waals surface area contributed by atoms with Crippen LogP contribution in [0.3, 0.4) is 0 Å². The molecule has 1 saturated heterocycles. The quantitative estimate of drug-likeness (QED) is 0.747. The molecule has 2 amide bonds. The van der Waals surface area contributed by atoms with E-state index in [1.807, 2.05) is 11.8 Å². The van der Waals surface area contributed by atoms with Crippen molar-refractivity contribution in [3.63, 3.8) is 0 Å². The van der Waals surface area contributed by atoms with Gasteiger partial charge in [0.05, 0.1) is 6.04 Å². The fraction of sp³-hybridized carbons (Fsp3) is 0.846. The molecule has 1 heterocycles. The lowest BCUT2D eigenvalue weighted by atomic mass is 10.0. The van der Waals surface area contributed by atoms with Crippen LogP contribution in [0.15, 0.2) is 0 Å². The van der Waals surface area contributed by atoms with Gasteiger partial charge in [-0.2, -0.15) is 0 Å². The molecular formula is C13H23N3O2. The number of carbonyl (C=O) groups excluding carboxylic acids is 2. The maximum atomic E-state index is 12.0. The number of nitrogens with zero attached hydrogens (tertiary/aromatic N) is 1. The molecule has 2 aliphatic rings. The van der Waals surface area contributed by atoms with E-state index < -0.39 is 0 Å². The highest BCUT2D eigenvalue weighted by molar-refractivity contribution is 5.82. The lowest BCUT2D eigenvalue weighted by Crippen LogP contribution is -2.51. The molecular weight excluding hydrogens is 230 g/mol. The van der Waals surface area contributed by atoms with E-state index in [1.54, 1.807) is 7.05 Å². The monoisotopic (exact) mass is 253 g/mol. The number of likely N-dealkylation sites (N-methyl/N-ethyl adjacent to an activating group) is 1. The molecule has 102 valence electrons. The van der Waals surface area contributed by atoms with E-state index in [2.05, 4.69) is 10.6 Å². The lowest BCUT2D eigenvalue weighted by Gasteiger charge is -2.33. The normalized spacial score (nSPS) is 22.7. The fourth-order valence-corrected chi connectivity index (χ4v) is 2.31. The first kappa shape index (κ1) is 13.3. The van der Waals surface area contributed by atoms with E-state index in [9.17, 15) is 9.59 Å². The van der Waals surface area contributed by atoms with E-state index in [1.165, 1.54) is 0 Å². The van der Waals surface area contributed by atoms with Gasteiger partial charge in [0, 0.05) is 25.0 Å². The van der Waals surface area contributed by atoms with Crippen molar-refractivity contribution in [3.05, 3.63) is 0 Å². The number of nitrogens with one attached hydrogen (secondary N) is 2. The first-order valence-electron chi connectivity index (χ1n) is 6.88. The molecule has 0 aromatic heterocycles. The van der Waals surface area contributed by atoms with Crippen LogP contribution in [0, 0.1) is 5.92 Å². The maximum Gasteiger partial charge on any atom is 0.239 e. The molecule has 5 nitrogen and oxygen atoms in total. The van der Waals surface area contributed by atoms with Gasteiger partial charge in [-0.15, -0.1) is 0 Å². The summed E-state index contributed by atoms with van der Waals surface area (Å²) in [6.45, 7) is 3.38. The van der Waals surface area contributed by atoms with Crippen LogP contribution in [0.5, 0.6) is 0 Å². The van der Waals surface area contributed by atoms with Crippen molar-refractivity contribution in [3.8, 4) is 0 Å². The average Bonchev–Trinajstić information content (AvgIpc) is 3.22. The first-order chi connectivity index (χ1) is 8.61. The molecule has 0 radical (unpaired) electrons. The Morgan fingerprint density at radius 3 is 2.28 bits per heavy atom. The van der Waals surface area contributed by atoms with Crippen molar-refractivity contribution in [1.29, 1.82) is 0 Å². The van der Waals surface area contributed by atoms with Gasteiger partial charge < -0.3 is 15.5 Å². The van der Waals surface area contributed by atoms with E-state index >= 15 is 0 Å². The highest BCUT2D eigenvalue weighted by Gasteiger charge is 2.32.